The molecule has 1 aliphatic rings. The molecule has 1 atom stereocenters. The quantitative estimate of drug-likeness (QED) is 0.856. The summed E-state index contributed by atoms with van der Waals surface area (Å²) in [5.74, 6) is 0.703. The molecule has 1 aromatic rings. The number of hydrogen-bond acceptors (Lipinski definition) is 4. The molecule has 0 radical (unpaired) electrons. The molecule has 1 fully saturated rings. The SMILES string of the molecule is Cc1ccccc1OCC(=O)NC[C@@H](C)N1CCN(C)CC1. The van der Waals surface area contributed by atoms with Crippen LogP contribution in [0.2, 0.25) is 0 Å². The summed E-state index contributed by atoms with van der Waals surface area (Å²) >= 11 is 0. The third kappa shape index (κ3) is 5.00. The van der Waals surface area contributed by atoms with Crippen molar-refractivity contribution in [2.24, 2.45) is 0 Å². The molecule has 1 aromatic carbocycles. The Hall–Kier alpha value is -1.59. The lowest BCUT2D eigenvalue weighted by Crippen LogP contribution is -2.51. The second-order valence-electron chi connectivity index (χ2n) is 6.05. The molecular weight excluding hydrogens is 278 g/mol. The Morgan fingerprint density at radius 3 is 2.64 bits per heavy atom. The largest absolute Gasteiger partial charge is 0.484 e. The summed E-state index contributed by atoms with van der Waals surface area (Å²) in [6.07, 6.45) is 0. The number of carbonyl (C=O) groups is 1. The van der Waals surface area contributed by atoms with Gasteiger partial charge in [-0.2, -0.15) is 0 Å². The summed E-state index contributed by atoms with van der Waals surface area (Å²) in [6.45, 7) is 9.18. The highest BCUT2D eigenvalue weighted by Crippen LogP contribution is 2.15. The molecule has 22 heavy (non-hydrogen) atoms. The van der Waals surface area contributed by atoms with Gasteiger partial charge in [0.15, 0.2) is 6.61 Å². The van der Waals surface area contributed by atoms with E-state index in [1.54, 1.807) is 0 Å². The second kappa shape index (κ2) is 8.15. The number of ether oxygens (including phenoxy) is 1. The lowest BCUT2D eigenvalue weighted by molar-refractivity contribution is -0.123. The van der Waals surface area contributed by atoms with Gasteiger partial charge < -0.3 is 15.0 Å². The zero-order chi connectivity index (χ0) is 15.9. The van der Waals surface area contributed by atoms with Crippen molar-refractivity contribution in [3.05, 3.63) is 29.8 Å². The van der Waals surface area contributed by atoms with Crippen LogP contribution >= 0.6 is 0 Å². The smallest absolute Gasteiger partial charge is 0.257 e. The van der Waals surface area contributed by atoms with E-state index in [-0.39, 0.29) is 12.5 Å². The molecule has 0 bridgehead atoms. The highest BCUT2D eigenvalue weighted by molar-refractivity contribution is 5.77. The molecule has 0 aromatic heterocycles. The zero-order valence-electron chi connectivity index (χ0n) is 13.8. The van der Waals surface area contributed by atoms with Crippen LogP contribution in [0.5, 0.6) is 5.75 Å². The van der Waals surface area contributed by atoms with Crippen LogP contribution in [0.15, 0.2) is 24.3 Å². The normalized spacial score (nSPS) is 18.0. The van der Waals surface area contributed by atoms with Gasteiger partial charge in [0, 0.05) is 38.8 Å². The van der Waals surface area contributed by atoms with Crippen molar-refractivity contribution in [3.8, 4) is 5.75 Å². The van der Waals surface area contributed by atoms with Crippen molar-refractivity contribution in [2.75, 3.05) is 46.4 Å². The Balaban J connectivity index is 1.68. The monoisotopic (exact) mass is 305 g/mol. The van der Waals surface area contributed by atoms with Crippen LogP contribution in [0.1, 0.15) is 12.5 Å². The highest BCUT2D eigenvalue weighted by atomic mass is 16.5. The predicted molar refractivity (Wildman–Crippen MR) is 88.2 cm³/mol. The molecule has 0 spiro atoms. The summed E-state index contributed by atoms with van der Waals surface area (Å²) in [5, 5.41) is 2.96. The minimum absolute atomic E-state index is 0.0655. The third-order valence-corrected chi connectivity index (χ3v) is 4.21. The fraction of sp³-hybridized carbons (Fsp3) is 0.588. The van der Waals surface area contributed by atoms with Crippen molar-refractivity contribution in [3.63, 3.8) is 0 Å². The van der Waals surface area contributed by atoms with Crippen molar-refractivity contribution in [1.82, 2.24) is 15.1 Å². The minimum Gasteiger partial charge on any atom is -0.484 e. The molecule has 1 heterocycles. The third-order valence-electron chi connectivity index (χ3n) is 4.21. The van der Waals surface area contributed by atoms with E-state index < -0.39 is 0 Å². The van der Waals surface area contributed by atoms with Gasteiger partial charge in [-0.1, -0.05) is 18.2 Å². The summed E-state index contributed by atoms with van der Waals surface area (Å²) < 4.78 is 5.56. The fourth-order valence-corrected chi connectivity index (χ4v) is 2.57. The van der Waals surface area contributed by atoms with E-state index in [1.165, 1.54) is 0 Å². The Labute approximate surface area is 133 Å². The average molecular weight is 305 g/mol. The number of amides is 1. The maximum atomic E-state index is 11.9. The molecule has 0 saturated carbocycles. The number of aryl methyl sites for hydroxylation is 1. The number of nitrogens with zero attached hydrogens (tertiary/aromatic N) is 2. The maximum absolute atomic E-state index is 11.9. The number of para-hydroxylation sites is 1. The van der Waals surface area contributed by atoms with E-state index in [9.17, 15) is 4.79 Å². The van der Waals surface area contributed by atoms with Crippen LogP contribution in [0.3, 0.4) is 0 Å². The van der Waals surface area contributed by atoms with E-state index >= 15 is 0 Å². The van der Waals surface area contributed by atoms with Crippen molar-refractivity contribution >= 4 is 5.91 Å². The van der Waals surface area contributed by atoms with Crippen molar-refractivity contribution < 1.29 is 9.53 Å². The number of likely N-dealkylation sites (N-methyl/N-ethyl adjacent to an activating group) is 1. The van der Waals surface area contributed by atoms with Gasteiger partial charge in [-0.3, -0.25) is 9.69 Å². The maximum Gasteiger partial charge on any atom is 0.257 e. The van der Waals surface area contributed by atoms with Crippen molar-refractivity contribution in [2.45, 2.75) is 19.9 Å². The molecule has 1 saturated heterocycles. The predicted octanol–water partition coefficient (Wildman–Crippen LogP) is 1.13. The second-order valence-corrected chi connectivity index (χ2v) is 6.05. The van der Waals surface area contributed by atoms with Crippen LogP contribution < -0.4 is 10.1 Å². The molecular formula is C17H27N3O2. The molecule has 122 valence electrons. The Bertz CT molecular complexity index is 485. The van der Waals surface area contributed by atoms with Gasteiger partial charge in [0.25, 0.3) is 5.91 Å². The van der Waals surface area contributed by atoms with E-state index in [1.807, 2.05) is 31.2 Å². The Morgan fingerprint density at radius 2 is 1.95 bits per heavy atom. The number of carbonyl (C=O) groups excluding carboxylic acids is 1. The zero-order valence-corrected chi connectivity index (χ0v) is 13.8. The first-order valence-electron chi connectivity index (χ1n) is 7.94. The van der Waals surface area contributed by atoms with Gasteiger partial charge in [-0.15, -0.1) is 0 Å². The standard InChI is InChI=1S/C17H27N3O2/c1-14-6-4-5-7-16(14)22-13-17(21)18-12-15(2)20-10-8-19(3)9-11-20/h4-7,15H,8-13H2,1-3H3,(H,18,21)/t15-/m1/s1. The van der Waals surface area contributed by atoms with E-state index in [0.29, 0.717) is 12.6 Å². The van der Waals surface area contributed by atoms with Gasteiger partial charge in [0.2, 0.25) is 0 Å². The lowest BCUT2D eigenvalue weighted by Gasteiger charge is -2.36. The average Bonchev–Trinajstić information content (AvgIpc) is 2.52. The molecule has 0 aliphatic carbocycles. The van der Waals surface area contributed by atoms with E-state index in [2.05, 4.69) is 29.1 Å². The molecule has 5 heteroatoms. The number of benzene rings is 1. The molecule has 2 rings (SSSR count). The molecule has 1 amide bonds. The topological polar surface area (TPSA) is 44.8 Å². The van der Waals surface area contributed by atoms with E-state index in [4.69, 9.17) is 4.74 Å². The van der Waals surface area contributed by atoms with Gasteiger partial charge in [0.1, 0.15) is 5.75 Å². The first-order valence-corrected chi connectivity index (χ1v) is 7.94. The fourth-order valence-electron chi connectivity index (χ4n) is 2.57. The Kier molecular flexibility index (Phi) is 6.21. The van der Waals surface area contributed by atoms with Gasteiger partial charge in [-0.25, -0.2) is 0 Å². The van der Waals surface area contributed by atoms with Crippen LogP contribution in [0.4, 0.5) is 0 Å². The lowest BCUT2D eigenvalue weighted by atomic mass is 10.2. The number of nitrogens with one attached hydrogen (secondary N) is 1. The number of piperazine rings is 1. The van der Waals surface area contributed by atoms with Crippen molar-refractivity contribution in [1.29, 1.82) is 0 Å². The molecule has 1 N–H and O–H groups in total. The number of hydrogen-bond donors (Lipinski definition) is 1. The summed E-state index contributed by atoms with van der Waals surface area (Å²) in [7, 11) is 2.15. The van der Waals surface area contributed by atoms with Gasteiger partial charge >= 0.3 is 0 Å². The van der Waals surface area contributed by atoms with Crippen LogP contribution in [-0.2, 0) is 4.79 Å². The molecule has 0 unspecified atom stereocenters. The number of rotatable bonds is 6. The van der Waals surface area contributed by atoms with Crippen LogP contribution in [0, 0.1) is 6.92 Å². The minimum atomic E-state index is -0.0655. The molecule has 1 aliphatic heterocycles. The van der Waals surface area contributed by atoms with E-state index in [0.717, 1.165) is 37.5 Å². The summed E-state index contributed by atoms with van der Waals surface area (Å²) in [6, 6.07) is 8.09. The Morgan fingerprint density at radius 1 is 1.27 bits per heavy atom. The van der Waals surface area contributed by atoms with Crippen LogP contribution in [0.25, 0.3) is 0 Å². The van der Waals surface area contributed by atoms with Gasteiger partial charge in [-0.05, 0) is 32.5 Å². The first kappa shape index (κ1) is 16.8. The summed E-state index contributed by atoms with van der Waals surface area (Å²) in [5.41, 5.74) is 1.04. The molecule has 5 nitrogen and oxygen atoms in total. The highest BCUT2D eigenvalue weighted by Gasteiger charge is 2.19. The first-order chi connectivity index (χ1) is 10.6. The van der Waals surface area contributed by atoms with Gasteiger partial charge in [0.05, 0.1) is 0 Å². The van der Waals surface area contributed by atoms with Crippen LogP contribution in [-0.4, -0.2) is 68.1 Å². The summed E-state index contributed by atoms with van der Waals surface area (Å²) in [4.78, 5) is 16.7.